The summed E-state index contributed by atoms with van der Waals surface area (Å²) < 4.78 is 3.80. The number of carbonyl (C=O) groups is 1. The van der Waals surface area contributed by atoms with E-state index in [4.69, 9.17) is 28.3 Å². The third-order valence-electron chi connectivity index (χ3n) is 6.73. The van der Waals surface area contributed by atoms with Crippen LogP contribution in [0.5, 0.6) is 0 Å². The van der Waals surface area contributed by atoms with E-state index in [-0.39, 0.29) is 18.0 Å². The molecular weight excluding hydrogens is 445 g/mol. The van der Waals surface area contributed by atoms with E-state index < -0.39 is 0 Å². The van der Waals surface area contributed by atoms with Crippen LogP contribution in [0.3, 0.4) is 0 Å². The van der Waals surface area contributed by atoms with E-state index in [2.05, 4.69) is 9.88 Å². The third-order valence-corrected chi connectivity index (χ3v) is 7.16. The maximum Gasteiger partial charge on any atom is 0.256 e. The second kappa shape index (κ2) is 7.36. The average Bonchev–Trinajstić information content (AvgIpc) is 3.36. The Hall–Kier alpha value is -2.83. The van der Waals surface area contributed by atoms with Crippen molar-refractivity contribution < 1.29 is 4.79 Å². The molecule has 2 aliphatic heterocycles. The molecule has 162 valence electrons. The van der Waals surface area contributed by atoms with Crippen LogP contribution in [0, 0.1) is 0 Å². The molecule has 2 bridgehead atoms. The summed E-state index contributed by atoms with van der Waals surface area (Å²) >= 11 is 12.6. The van der Waals surface area contributed by atoms with E-state index in [1.807, 2.05) is 46.6 Å². The summed E-state index contributed by atoms with van der Waals surface area (Å²) in [6.45, 7) is 0. The number of halogens is 2. The number of nitrogens with zero attached hydrogens (tertiary/aromatic N) is 5. The molecule has 5 heterocycles. The van der Waals surface area contributed by atoms with Gasteiger partial charge in [-0.15, -0.1) is 0 Å². The number of hydrogen-bond donors (Lipinski definition) is 0. The average molecular weight is 466 g/mol. The summed E-state index contributed by atoms with van der Waals surface area (Å²) in [4.78, 5) is 20.1. The number of piperidine rings is 1. The van der Waals surface area contributed by atoms with Gasteiger partial charge in [0, 0.05) is 40.5 Å². The molecule has 0 spiro atoms. The first kappa shape index (κ1) is 19.8. The lowest BCUT2D eigenvalue weighted by Gasteiger charge is -2.45. The van der Waals surface area contributed by atoms with Crippen LogP contribution in [0.4, 0.5) is 0 Å². The van der Waals surface area contributed by atoms with Crippen LogP contribution in [0.25, 0.3) is 16.8 Å². The normalized spacial score (nSPS) is 19.9. The Morgan fingerprint density at radius 1 is 1.16 bits per heavy atom. The maximum absolute atomic E-state index is 13.8. The minimum atomic E-state index is -0.0391. The van der Waals surface area contributed by atoms with Crippen molar-refractivity contribution in [3.05, 3.63) is 75.9 Å². The standard InChI is InChI=1S/C24H21Cl2N5O/c1-29-23(14-8-15(25)10-16(26)9-14)19-11-17-4-2-6-20(22(19)28-29)31(17)24(32)18-5-3-7-30-13-27-12-21(18)30/h3,5,7-10,12-13,17,20H,2,4,6,11H2,1H3. The van der Waals surface area contributed by atoms with Gasteiger partial charge in [0.15, 0.2) is 0 Å². The largest absolute Gasteiger partial charge is 0.327 e. The van der Waals surface area contributed by atoms with Crippen molar-refractivity contribution in [1.29, 1.82) is 0 Å². The molecule has 1 amide bonds. The molecule has 0 saturated carbocycles. The first-order chi connectivity index (χ1) is 15.5. The van der Waals surface area contributed by atoms with E-state index in [1.165, 1.54) is 5.56 Å². The van der Waals surface area contributed by atoms with Crippen molar-refractivity contribution >= 4 is 34.6 Å². The van der Waals surface area contributed by atoms with Crippen LogP contribution in [0.2, 0.25) is 10.0 Å². The van der Waals surface area contributed by atoms with Gasteiger partial charge in [0.25, 0.3) is 5.91 Å². The summed E-state index contributed by atoms with van der Waals surface area (Å²) in [5, 5.41) is 6.11. The molecule has 4 aromatic rings. The van der Waals surface area contributed by atoms with E-state index >= 15 is 0 Å². The van der Waals surface area contributed by atoms with Gasteiger partial charge in [0.05, 0.1) is 41.0 Å². The molecule has 8 heteroatoms. The van der Waals surface area contributed by atoms with Crippen molar-refractivity contribution in [2.45, 2.75) is 37.8 Å². The van der Waals surface area contributed by atoms with Gasteiger partial charge in [0.2, 0.25) is 0 Å². The number of hydrogen-bond acceptors (Lipinski definition) is 3. The zero-order valence-corrected chi connectivity index (χ0v) is 19.0. The number of amides is 1. The number of pyridine rings is 1. The third kappa shape index (κ3) is 2.97. The summed E-state index contributed by atoms with van der Waals surface area (Å²) in [6.07, 6.45) is 9.13. The molecule has 1 saturated heterocycles. The van der Waals surface area contributed by atoms with Gasteiger partial charge in [-0.2, -0.15) is 5.10 Å². The lowest BCUT2D eigenvalue weighted by Crippen LogP contribution is -2.50. The van der Waals surface area contributed by atoms with E-state index in [0.29, 0.717) is 15.6 Å². The van der Waals surface area contributed by atoms with Crippen LogP contribution in [-0.4, -0.2) is 36.0 Å². The van der Waals surface area contributed by atoms with Crippen molar-refractivity contribution in [1.82, 2.24) is 24.1 Å². The highest BCUT2D eigenvalue weighted by atomic mass is 35.5. The number of carbonyl (C=O) groups excluding carboxylic acids is 1. The molecule has 2 unspecified atom stereocenters. The second-order valence-electron chi connectivity index (χ2n) is 8.62. The van der Waals surface area contributed by atoms with Crippen LogP contribution in [-0.2, 0) is 13.5 Å². The van der Waals surface area contributed by atoms with Gasteiger partial charge in [0.1, 0.15) is 0 Å². The molecule has 1 aromatic carbocycles. The number of rotatable bonds is 2. The van der Waals surface area contributed by atoms with E-state index in [9.17, 15) is 4.79 Å². The topological polar surface area (TPSA) is 55.4 Å². The van der Waals surface area contributed by atoms with Crippen molar-refractivity contribution in [3.8, 4) is 11.3 Å². The zero-order valence-electron chi connectivity index (χ0n) is 17.5. The number of aryl methyl sites for hydroxylation is 1. The molecule has 0 radical (unpaired) electrons. The van der Waals surface area contributed by atoms with Crippen LogP contribution >= 0.6 is 23.2 Å². The lowest BCUT2D eigenvalue weighted by molar-refractivity contribution is 0.0393. The Morgan fingerprint density at radius 3 is 2.78 bits per heavy atom. The van der Waals surface area contributed by atoms with Crippen molar-refractivity contribution in [2.75, 3.05) is 0 Å². The first-order valence-electron chi connectivity index (χ1n) is 10.8. The number of imidazole rings is 1. The predicted octanol–water partition coefficient (Wildman–Crippen LogP) is 5.33. The highest BCUT2D eigenvalue weighted by molar-refractivity contribution is 6.35. The highest BCUT2D eigenvalue weighted by Crippen LogP contribution is 2.45. The highest BCUT2D eigenvalue weighted by Gasteiger charge is 2.43. The molecule has 3 aromatic heterocycles. The van der Waals surface area contributed by atoms with Crippen LogP contribution in [0.1, 0.15) is 46.9 Å². The Morgan fingerprint density at radius 2 is 1.97 bits per heavy atom. The molecule has 1 fully saturated rings. The molecule has 32 heavy (non-hydrogen) atoms. The number of fused-ring (bicyclic) bond motifs is 5. The lowest BCUT2D eigenvalue weighted by atomic mass is 9.81. The summed E-state index contributed by atoms with van der Waals surface area (Å²) in [5.74, 6) is 0.0504. The van der Waals surface area contributed by atoms with Gasteiger partial charge >= 0.3 is 0 Å². The number of benzene rings is 1. The fourth-order valence-corrected chi connectivity index (χ4v) is 6.00. The van der Waals surface area contributed by atoms with Gasteiger partial charge in [-0.1, -0.05) is 23.2 Å². The SMILES string of the molecule is Cn1nc2c(c1-c1cc(Cl)cc(Cl)c1)CC1CCCC2N1C(=O)c1cccn2cncc12. The predicted molar refractivity (Wildman–Crippen MR) is 124 cm³/mol. The summed E-state index contributed by atoms with van der Waals surface area (Å²) in [7, 11) is 1.95. The zero-order chi connectivity index (χ0) is 22.0. The Balaban J connectivity index is 1.46. The maximum atomic E-state index is 13.8. The molecular formula is C24H21Cl2N5O. The summed E-state index contributed by atoms with van der Waals surface area (Å²) in [6, 6.07) is 9.48. The molecule has 6 nitrogen and oxygen atoms in total. The Kier molecular flexibility index (Phi) is 4.56. The minimum absolute atomic E-state index is 0.0391. The molecule has 2 aliphatic rings. The Labute approximate surface area is 195 Å². The molecule has 2 atom stereocenters. The molecule has 0 aliphatic carbocycles. The molecule has 6 rings (SSSR count). The first-order valence-corrected chi connectivity index (χ1v) is 11.5. The summed E-state index contributed by atoms with van der Waals surface area (Å²) in [5.41, 5.74) is 5.70. The fourth-order valence-electron chi connectivity index (χ4n) is 5.47. The van der Waals surface area contributed by atoms with Crippen molar-refractivity contribution in [3.63, 3.8) is 0 Å². The van der Waals surface area contributed by atoms with Gasteiger partial charge in [-0.05, 0) is 56.0 Å². The van der Waals surface area contributed by atoms with Crippen molar-refractivity contribution in [2.24, 2.45) is 7.05 Å². The van der Waals surface area contributed by atoms with Gasteiger partial charge < -0.3 is 9.30 Å². The monoisotopic (exact) mass is 465 g/mol. The minimum Gasteiger partial charge on any atom is -0.327 e. The fraction of sp³-hybridized carbons (Fsp3) is 0.292. The quantitative estimate of drug-likeness (QED) is 0.401. The Bertz CT molecular complexity index is 1350. The molecule has 0 N–H and O–H groups in total. The van der Waals surface area contributed by atoms with Crippen LogP contribution < -0.4 is 0 Å². The van der Waals surface area contributed by atoms with Crippen LogP contribution in [0.15, 0.2) is 49.1 Å². The van der Waals surface area contributed by atoms with E-state index in [0.717, 1.165) is 48.2 Å². The second-order valence-corrected chi connectivity index (χ2v) is 9.49. The number of aromatic nitrogens is 4. The smallest absolute Gasteiger partial charge is 0.256 e. The van der Waals surface area contributed by atoms with Gasteiger partial charge in [-0.3, -0.25) is 9.48 Å². The van der Waals surface area contributed by atoms with E-state index in [1.54, 1.807) is 18.6 Å². The van der Waals surface area contributed by atoms with Gasteiger partial charge in [-0.25, -0.2) is 4.98 Å².